The van der Waals surface area contributed by atoms with Crippen LogP contribution in [0.25, 0.3) is 0 Å². The molecule has 0 saturated heterocycles. The second-order valence-electron chi connectivity index (χ2n) is 13.6. The average molecular weight is 830 g/mol. The fourth-order valence-electron chi connectivity index (χ4n) is 2.73. The first-order valence-corrected chi connectivity index (χ1v) is 19.2. The van der Waals surface area contributed by atoms with Crippen molar-refractivity contribution in [2.24, 2.45) is 27.9 Å². The van der Waals surface area contributed by atoms with Gasteiger partial charge in [-0.25, -0.2) is 9.59 Å². The van der Waals surface area contributed by atoms with E-state index < -0.39 is 17.3 Å². The SMILES string of the molecule is C=C.C=CC(=O)NCCCN.C=CC(=O)NCCCN=C(C)N(C)C.C=CC(=O)NCCCNC(=O)OC(C)(C)C.CC(C)(C)OC(=O)NCCCN.NCCCN. The third-order valence-electron chi connectivity index (χ3n) is 5.64. The molecule has 5 amide bonds. The molecule has 0 heterocycles. The fourth-order valence-corrected chi connectivity index (χ4v) is 2.73. The number of carbonyl (C=O) groups excluding carboxylic acids is 5. The molecule has 0 fully saturated rings. The maximum atomic E-state index is 11.2. The summed E-state index contributed by atoms with van der Waals surface area (Å²) in [6.07, 6.45) is 6.95. The number of nitrogens with zero attached hydrogens (tertiary/aromatic N) is 2. The number of hydrogen-bond donors (Lipinski definition) is 9. The Bertz CT molecular complexity index is 1100. The number of amidine groups is 1. The highest BCUT2D eigenvalue weighted by Crippen LogP contribution is 2.06. The molecule has 13 N–H and O–H groups in total. The lowest BCUT2D eigenvalue weighted by Crippen LogP contribution is -2.34. The molecule has 0 aromatic carbocycles. The molecule has 0 bridgehead atoms. The summed E-state index contributed by atoms with van der Waals surface area (Å²) in [5.41, 5.74) is 19.6. The Labute approximate surface area is 350 Å². The minimum atomic E-state index is -0.485. The molecular formula is C40H83N11O7. The predicted octanol–water partition coefficient (Wildman–Crippen LogP) is 2.46. The van der Waals surface area contributed by atoms with Crippen LogP contribution in [0.4, 0.5) is 9.59 Å². The van der Waals surface area contributed by atoms with Crippen LogP contribution in [0.1, 0.15) is 80.6 Å². The van der Waals surface area contributed by atoms with Crippen LogP contribution in [0, 0.1) is 0 Å². The minimum Gasteiger partial charge on any atom is -0.444 e. The largest absolute Gasteiger partial charge is 0.444 e. The van der Waals surface area contributed by atoms with Gasteiger partial charge < -0.3 is 63.9 Å². The van der Waals surface area contributed by atoms with Crippen LogP contribution in [0.15, 0.2) is 56.1 Å². The van der Waals surface area contributed by atoms with Crippen LogP contribution in [-0.2, 0) is 23.9 Å². The van der Waals surface area contributed by atoms with Crippen molar-refractivity contribution in [3.05, 3.63) is 51.1 Å². The van der Waals surface area contributed by atoms with E-state index in [1.165, 1.54) is 18.2 Å². The van der Waals surface area contributed by atoms with E-state index in [9.17, 15) is 24.0 Å². The second-order valence-corrected chi connectivity index (χ2v) is 13.6. The van der Waals surface area contributed by atoms with Crippen molar-refractivity contribution in [1.82, 2.24) is 31.5 Å². The Kier molecular flexibility index (Phi) is 52.3. The van der Waals surface area contributed by atoms with Crippen LogP contribution in [0.3, 0.4) is 0 Å². The van der Waals surface area contributed by atoms with Gasteiger partial charge in [-0.3, -0.25) is 19.4 Å². The second kappa shape index (κ2) is 46.6. The molecule has 0 rings (SSSR count). The summed E-state index contributed by atoms with van der Waals surface area (Å²) >= 11 is 0. The van der Waals surface area contributed by atoms with Crippen LogP contribution in [0.2, 0.25) is 0 Å². The number of rotatable bonds is 19. The van der Waals surface area contributed by atoms with Gasteiger partial charge in [0.1, 0.15) is 11.2 Å². The number of alkyl carbamates (subject to hydrolysis) is 2. The van der Waals surface area contributed by atoms with Crippen molar-refractivity contribution in [2.75, 3.05) is 79.5 Å². The molecule has 340 valence electrons. The standard InChI is InChI=1S/C11H20N2O3.C10H19N3O.C8H18N2O2.C6H12N2O.C3H10N2.C2H4/c1-5-9(14)12-7-6-8-13-10(15)16-11(2,3)4;1-5-10(14)12-8-6-7-11-9(2)13(3)4;1-8(2,3)12-7(11)10-6-4-5-9;1-2-6(9)8-5-3-4-7;4-2-1-3-5;1-2/h5H,1,6-8H2,2-4H3,(H,12,14)(H,13,15);5H,1,6-8H2,2-4H3,(H,12,14);4-6,9H2,1-3H3,(H,10,11);2H,1,3-5,7H2,(H,8,9);1-5H2;1-2H2. The lowest BCUT2D eigenvalue weighted by Gasteiger charge is -2.19. The van der Waals surface area contributed by atoms with Crippen LogP contribution < -0.4 is 49.5 Å². The van der Waals surface area contributed by atoms with Crippen molar-refractivity contribution >= 4 is 35.7 Å². The predicted molar refractivity (Wildman–Crippen MR) is 240 cm³/mol. The van der Waals surface area contributed by atoms with Crippen molar-refractivity contribution < 1.29 is 33.4 Å². The van der Waals surface area contributed by atoms with Gasteiger partial charge in [0.15, 0.2) is 0 Å². The summed E-state index contributed by atoms with van der Waals surface area (Å²) in [7, 11) is 3.91. The third-order valence-corrected chi connectivity index (χ3v) is 5.64. The van der Waals surface area contributed by atoms with E-state index in [4.69, 9.17) is 32.4 Å². The van der Waals surface area contributed by atoms with Crippen LogP contribution >= 0.6 is 0 Å². The first-order chi connectivity index (χ1) is 27.1. The number of amides is 5. The van der Waals surface area contributed by atoms with Gasteiger partial charge in [0, 0.05) is 53.4 Å². The van der Waals surface area contributed by atoms with E-state index in [0.29, 0.717) is 52.2 Å². The zero-order chi connectivity index (χ0) is 46.4. The van der Waals surface area contributed by atoms with Gasteiger partial charge in [-0.15, -0.1) is 13.2 Å². The van der Waals surface area contributed by atoms with Gasteiger partial charge >= 0.3 is 12.2 Å². The zero-order valence-electron chi connectivity index (χ0n) is 37.4. The molecule has 0 aliphatic rings. The lowest BCUT2D eigenvalue weighted by atomic mass is 10.2. The molecule has 0 atom stereocenters. The monoisotopic (exact) mass is 830 g/mol. The number of hydrogen-bond acceptors (Lipinski definition) is 12. The van der Waals surface area contributed by atoms with Crippen molar-refractivity contribution in [2.45, 2.75) is 91.8 Å². The molecular weight excluding hydrogens is 747 g/mol. The molecule has 0 radical (unpaired) electrons. The molecule has 58 heavy (non-hydrogen) atoms. The summed E-state index contributed by atoms with van der Waals surface area (Å²) in [4.78, 5) is 60.3. The lowest BCUT2D eigenvalue weighted by molar-refractivity contribution is -0.117. The van der Waals surface area contributed by atoms with Crippen LogP contribution in [-0.4, -0.2) is 131 Å². The minimum absolute atomic E-state index is 0.127. The Hall–Kier alpha value is -4.78. The Balaban J connectivity index is -0.000000149. The van der Waals surface area contributed by atoms with Gasteiger partial charge in [-0.05, 0) is 125 Å². The topological polar surface area (TPSA) is 284 Å². The molecule has 0 aromatic heterocycles. The summed E-state index contributed by atoms with van der Waals surface area (Å²) in [5.74, 6) is 0.527. The Morgan fingerprint density at radius 1 is 0.552 bits per heavy atom. The van der Waals surface area contributed by atoms with Gasteiger partial charge in [0.25, 0.3) is 0 Å². The van der Waals surface area contributed by atoms with Crippen molar-refractivity contribution in [1.29, 1.82) is 0 Å². The van der Waals surface area contributed by atoms with E-state index in [1.807, 2.05) is 46.7 Å². The molecule has 0 aliphatic carbocycles. The molecule has 18 nitrogen and oxygen atoms in total. The van der Waals surface area contributed by atoms with Gasteiger partial charge in [0.2, 0.25) is 17.7 Å². The zero-order valence-corrected chi connectivity index (χ0v) is 37.4. The highest BCUT2D eigenvalue weighted by Gasteiger charge is 2.16. The van der Waals surface area contributed by atoms with Gasteiger partial charge in [0.05, 0.1) is 5.84 Å². The summed E-state index contributed by atoms with van der Waals surface area (Å²) in [5, 5.41) is 13.1. The molecule has 0 spiro atoms. The maximum Gasteiger partial charge on any atom is 0.407 e. The first-order valence-electron chi connectivity index (χ1n) is 19.2. The van der Waals surface area contributed by atoms with E-state index in [0.717, 1.165) is 51.2 Å². The van der Waals surface area contributed by atoms with E-state index in [-0.39, 0.29) is 23.8 Å². The first kappa shape index (κ1) is 65.1. The molecule has 0 unspecified atom stereocenters. The molecule has 18 heteroatoms. The molecule has 0 aliphatic heterocycles. The van der Waals surface area contributed by atoms with Gasteiger partial charge in [-0.1, -0.05) is 19.7 Å². The fraction of sp³-hybridized carbons (Fsp3) is 0.650. The number of aliphatic imine (C=N–C) groups is 1. The highest BCUT2D eigenvalue weighted by atomic mass is 16.6. The smallest absolute Gasteiger partial charge is 0.407 e. The third kappa shape index (κ3) is 69.2. The quantitative estimate of drug-likeness (QED) is 0.0299. The Morgan fingerprint density at radius 2 is 0.845 bits per heavy atom. The Morgan fingerprint density at radius 3 is 1.12 bits per heavy atom. The van der Waals surface area contributed by atoms with Gasteiger partial charge in [-0.2, -0.15) is 0 Å². The molecule has 0 saturated carbocycles. The van der Waals surface area contributed by atoms with E-state index >= 15 is 0 Å². The maximum absolute atomic E-state index is 11.2. The van der Waals surface area contributed by atoms with E-state index in [1.54, 1.807) is 20.8 Å². The number of carbonyl (C=O) groups is 5. The van der Waals surface area contributed by atoms with Crippen LogP contribution in [0.5, 0.6) is 0 Å². The summed E-state index contributed by atoms with van der Waals surface area (Å²) in [6.45, 7) is 35.0. The van der Waals surface area contributed by atoms with E-state index in [2.05, 4.69) is 64.5 Å². The highest BCUT2D eigenvalue weighted by molar-refractivity contribution is 5.87. The average Bonchev–Trinajstić information content (AvgIpc) is 3.15. The van der Waals surface area contributed by atoms with Crippen molar-refractivity contribution in [3.8, 4) is 0 Å². The molecule has 0 aromatic rings. The van der Waals surface area contributed by atoms with Crippen molar-refractivity contribution in [3.63, 3.8) is 0 Å². The number of ether oxygens (including phenoxy) is 2. The summed E-state index contributed by atoms with van der Waals surface area (Å²) in [6, 6.07) is 0. The normalized spacial score (nSPS) is 9.91. The number of nitrogens with two attached hydrogens (primary N) is 4. The number of nitrogens with one attached hydrogen (secondary N) is 5. The summed E-state index contributed by atoms with van der Waals surface area (Å²) < 4.78 is 10.0.